The van der Waals surface area contributed by atoms with Crippen LogP contribution < -0.4 is 5.73 Å². The first-order valence-electron chi connectivity index (χ1n) is 2.95. The first-order chi connectivity index (χ1) is 4.54. The Bertz CT molecular complexity index is 146. The summed E-state index contributed by atoms with van der Waals surface area (Å²) in [5.41, 5.74) is 4.86. The summed E-state index contributed by atoms with van der Waals surface area (Å²) in [5, 5.41) is 9.78. The van der Waals surface area contributed by atoms with Gasteiger partial charge in [0.05, 0.1) is 0 Å². The molecule has 0 aromatic carbocycles. The number of carbonyl (C=O) groups is 1. The minimum Gasteiger partial charge on any atom is -0.369 e. The van der Waals surface area contributed by atoms with Gasteiger partial charge in [0.2, 0.25) is 12.5 Å². The van der Waals surface area contributed by atoms with Crippen molar-refractivity contribution < 1.29 is 9.72 Å². The van der Waals surface area contributed by atoms with E-state index in [1.807, 2.05) is 0 Å². The van der Waals surface area contributed by atoms with E-state index in [2.05, 4.69) is 0 Å². The second-order valence-corrected chi connectivity index (χ2v) is 2.15. The van der Waals surface area contributed by atoms with Crippen LogP contribution in [0.4, 0.5) is 0 Å². The van der Waals surface area contributed by atoms with E-state index < -0.39 is 16.7 Å². The maximum atomic E-state index is 10.3. The standard InChI is InChI=1S/C5H10N2O3/c1-4(5(6)8)2-3-7(9)10/h4H,2-3H2,1H3,(H2,6,8). The Hall–Kier alpha value is -1.13. The number of hydrogen-bond donors (Lipinski definition) is 1. The maximum Gasteiger partial charge on any atom is 0.220 e. The molecule has 2 N–H and O–H groups in total. The molecule has 0 bridgehead atoms. The van der Waals surface area contributed by atoms with Gasteiger partial charge in [-0.15, -0.1) is 0 Å². The van der Waals surface area contributed by atoms with E-state index in [1.54, 1.807) is 6.92 Å². The number of carbonyl (C=O) groups excluding carboxylic acids is 1. The molecule has 0 heterocycles. The summed E-state index contributed by atoms with van der Waals surface area (Å²) in [6.45, 7) is 1.38. The lowest BCUT2D eigenvalue weighted by atomic mass is 10.1. The highest BCUT2D eigenvalue weighted by Gasteiger charge is 2.10. The van der Waals surface area contributed by atoms with E-state index in [-0.39, 0.29) is 13.0 Å². The SMILES string of the molecule is CC(CC[N+](=O)[O-])C(N)=O. The molecule has 0 saturated carbocycles. The predicted octanol–water partition coefficient (Wildman–Crippen LogP) is -0.225. The molecule has 5 heteroatoms. The van der Waals surface area contributed by atoms with Gasteiger partial charge in [-0.05, 0) is 0 Å². The molecule has 1 unspecified atom stereocenters. The lowest BCUT2D eigenvalue weighted by Crippen LogP contribution is -2.22. The third-order valence-electron chi connectivity index (χ3n) is 1.23. The summed E-state index contributed by atoms with van der Waals surface area (Å²) in [6, 6.07) is 0. The molecule has 1 atom stereocenters. The van der Waals surface area contributed by atoms with Crippen molar-refractivity contribution in [3.8, 4) is 0 Å². The number of hydrogen-bond acceptors (Lipinski definition) is 3. The summed E-state index contributed by atoms with van der Waals surface area (Å²) in [5.74, 6) is -0.882. The van der Waals surface area contributed by atoms with E-state index in [0.717, 1.165) is 0 Å². The highest BCUT2D eigenvalue weighted by Crippen LogP contribution is 1.98. The van der Waals surface area contributed by atoms with Crippen LogP contribution in [0.15, 0.2) is 0 Å². The number of primary amides is 1. The van der Waals surface area contributed by atoms with Gasteiger partial charge in [-0.1, -0.05) is 6.92 Å². The van der Waals surface area contributed by atoms with Crippen molar-refractivity contribution in [2.45, 2.75) is 13.3 Å². The Balaban J connectivity index is 3.49. The fourth-order valence-corrected chi connectivity index (χ4v) is 0.441. The lowest BCUT2D eigenvalue weighted by molar-refractivity contribution is -0.481. The van der Waals surface area contributed by atoms with Gasteiger partial charge in [-0.2, -0.15) is 0 Å². The average molecular weight is 146 g/mol. The highest BCUT2D eigenvalue weighted by molar-refractivity contribution is 5.76. The van der Waals surface area contributed by atoms with Crippen molar-refractivity contribution in [1.29, 1.82) is 0 Å². The van der Waals surface area contributed by atoms with Gasteiger partial charge < -0.3 is 5.73 Å². The number of rotatable bonds is 4. The molecule has 0 fully saturated rings. The van der Waals surface area contributed by atoms with Gasteiger partial charge in [-0.25, -0.2) is 0 Å². The Kier molecular flexibility index (Phi) is 3.38. The van der Waals surface area contributed by atoms with Gasteiger partial charge in [0, 0.05) is 17.3 Å². The number of nitro groups is 1. The third kappa shape index (κ3) is 3.82. The summed E-state index contributed by atoms with van der Waals surface area (Å²) >= 11 is 0. The number of amides is 1. The molecule has 0 aromatic heterocycles. The Labute approximate surface area is 58.4 Å². The van der Waals surface area contributed by atoms with E-state index in [9.17, 15) is 14.9 Å². The zero-order chi connectivity index (χ0) is 8.15. The molecule has 58 valence electrons. The monoisotopic (exact) mass is 146 g/mol. The molecule has 0 spiro atoms. The van der Waals surface area contributed by atoms with Crippen LogP contribution >= 0.6 is 0 Å². The first-order valence-corrected chi connectivity index (χ1v) is 2.95. The summed E-state index contributed by atoms with van der Waals surface area (Å²) in [7, 11) is 0. The van der Waals surface area contributed by atoms with Crippen molar-refractivity contribution in [3.05, 3.63) is 10.1 Å². The smallest absolute Gasteiger partial charge is 0.220 e. The molecule has 0 aromatic rings. The fourth-order valence-electron chi connectivity index (χ4n) is 0.441. The number of nitrogens with zero attached hydrogens (tertiary/aromatic N) is 1. The number of nitrogens with two attached hydrogens (primary N) is 1. The minimum absolute atomic E-state index is 0.190. The topological polar surface area (TPSA) is 86.2 Å². The van der Waals surface area contributed by atoms with E-state index in [4.69, 9.17) is 5.73 Å². The molecular weight excluding hydrogens is 136 g/mol. The second kappa shape index (κ2) is 3.81. The molecular formula is C5H10N2O3. The van der Waals surface area contributed by atoms with E-state index in [1.165, 1.54) is 0 Å². The highest BCUT2D eigenvalue weighted by atomic mass is 16.6. The lowest BCUT2D eigenvalue weighted by Gasteiger charge is -2.00. The fraction of sp³-hybridized carbons (Fsp3) is 0.800. The van der Waals surface area contributed by atoms with Crippen molar-refractivity contribution in [1.82, 2.24) is 0 Å². The van der Waals surface area contributed by atoms with Crippen LogP contribution in [-0.2, 0) is 4.79 Å². The van der Waals surface area contributed by atoms with Gasteiger partial charge in [-0.3, -0.25) is 14.9 Å². The molecule has 0 aliphatic rings. The average Bonchev–Trinajstić information content (AvgIpc) is 1.82. The summed E-state index contributed by atoms with van der Waals surface area (Å²) in [4.78, 5) is 19.6. The van der Waals surface area contributed by atoms with Crippen molar-refractivity contribution >= 4 is 5.91 Å². The molecule has 0 radical (unpaired) electrons. The van der Waals surface area contributed by atoms with Gasteiger partial charge >= 0.3 is 0 Å². The van der Waals surface area contributed by atoms with Crippen molar-refractivity contribution in [3.63, 3.8) is 0 Å². The largest absolute Gasteiger partial charge is 0.369 e. The minimum atomic E-state index is -0.484. The first kappa shape index (κ1) is 8.87. The second-order valence-electron chi connectivity index (χ2n) is 2.15. The molecule has 0 saturated heterocycles. The zero-order valence-electron chi connectivity index (χ0n) is 5.74. The molecule has 10 heavy (non-hydrogen) atoms. The van der Waals surface area contributed by atoms with Crippen LogP contribution in [0.1, 0.15) is 13.3 Å². The van der Waals surface area contributed by atoms with Crippen molar-refractivity contribution in [2.24, 2.45) is 11.7 Å². The van der Waals surface area contributed by atoms with E-state index in [0.29, 0.717) is 0 Å². The third-order valence-corrected chi connectivity index (χ3v) is 1.23. The Morgan fingerprint density at radius 1 is 1.80 bits per heavy atom. The van der Waals surface area contributed by atoms with Crippen LogP contribution in [0, 0.1) is 16.0 Å². The maximum absolute atomic E-state index is 10.3. The van der Waals surface area contributed by atoms with Gasteiger partial charge in [0.15, 0.2) is 0 Å². The Morgan fingerprint density at radius 3 is 2.60 bits per heavy atom. The molecule has 1 amide bonds. The van der Waals surface area contributed by atoms with Crippen LogP contribution in [0.25, 0.3) is 0 Å². The van der Waals surface area contributed by atoms with Crippen LogP contribution in [-0.4, -0.2) is 17.4 Å². The van der Waals surface area contributed by atoms with Crippen LogP contribution in [0.3, 0.4) is 0 Å². The molecule has 0 aliphatic heterocycles. The quantitative estimate of drug-likeness (QED) is 0.439. The molecule has 5 nitrogen and oxygen atoms in total. The normalized spacial score (nSPS) is 12.5. The Morgan fingerprint density at radius 2 is 2.30 bits per heavy atom. The van der Waals surface area contributed by atoms with Crippen LogP contribution in [0.5, 0.6) is 0 Å². The van der Waals surface area contributed by atoms with Gasteiger partial charge in [0.25, 0.3) is 0 Å². The van der Waals surface area contributed by atoms with Crippen LogP contribution in [0.2, 0.25) is 0 Å². The summed E-state index contributed by atoms with van der Waals surface area (Å²) < 4.78 is 0. The van der Waals surface area contributed by atoms with E-state index >= 15 is 0 Å². The van der Waals surface area contributed by atoms with Gasteiger partial charge in [0.1, 0.15) is 0 Å². The summed E-state index contributed by atoms with van der Waals surface area (Å²) in [6.07, 6.45) is 0.225. The molecule has 0 aliphatic carbocycles. The zero-order valence-corrected chi connectivity index (χ0v) is 5.74. The molecule has 0 rings (SSSR count). The predicted molar refractivity (Wildman–Crippen MR) is 34.8 cm³/mol. The van der Waals surface area contributed by atoms with Crippen molar-refractivity contribution in [2.75, 3.05) is 6.54 Å².